The number of hydrogen-bond acceptors (Lipinski definition) is 4. The smallest absolute Gasteiger partial charge is 0.0895 e. The molecule has 0 aliphatic carbocycles. The lowest BCUT2D eigenvalue weighted by Crippen LogP contribution is -2.40. The van der Waals surface area contributed by atoms with Crippen LogP contribution in [0, 0.1) is 5.92 Å². The summed E-state index contributed by atoms with van der Waals surface area (Å²) in [6.45, 7) is 4.04. The van der Waals surface area contributed by atoms with Crippen LogP contribution in [0.1, 0.15) is 19.4 Å². The van der Waals surface area contributed by atoms with Crippen LogP contribution < -0.4 is 5.73 Å². The van der Waals surface area contributed by atoms with Gasteiger partial charge in [0.2, 0.25) is 0 Å². The molecule has 2 unspecified atom stereocenters. The monoisotopic (exact) mass is 321 g/mol. The van der Waals surface area contributed by atoms with E-state index in [2.05, 4.69) is 4.98 Å². The first kappa shape index (κ1) is 16.6. The molecule has 0 amide bonds. The van der Waals surface area contributed by atoms with Gasteiger partial charge in [0.25, 0.3) is 0 Å². The second-order valence-electron chi connectivity index (χ2n) is 6.49. The number of rotatable bonds is 5. The predicted octanol–water partition coefficient (Wildman–Crippen LogP) is 3.18. The average Bonchev–Trinajstić information content (AvgIpc) is 2.61. The van der Waals surface area contributed by atoms with E-state index in [9.17, 15) is 5.11 Å². The Morgan fingerprint density at radius 1 is 1.00 bits per heavy atom. The molecule has 0 fully saturated rings. The molecule has 3 N–H and O–H groups in total. The van der Waals surface area contributed by atoms with Gasteiger partial charge in [0.15, 0.2) is 0 Å². The van der Waals surface area contributed by atoms with Crippen LogP contribution in [0.2, 0.25) is 0 Å². The van der Waals surface area contributed by atoms with E-state index < -0.39 is 6.10 Å². The van der Waals surface area contributed by atoms with E-state index in [1.807, 2.05) is 62.4 Å². The maximum Gasteiger partial charge on any atom is 0.0895 e. The zero-order valence-corrected chi connectivity index (χ0v) is 14.1. The van der Waals surface area contributed by atoms with E-state index in [1.165, 1.54) is 0 Å². The van der Waals surface area contributed by atoms with E-state index >= 15 is 0 Å². The first-order valence-corrected chi connectivity index (χ1v) is 8.30. The lowest BCUT2D eigenvalue weighted by atomic mass is 9.92. The summed E-state index contributed by atoms with van der Waals surface area (Å²) in [6.07, 6.45) is 1.71. The molecule has 24 heavy (non-hydrogen) atoms. The minimum atomic E-state index is -0.584. The van der Waals surface area contributed by atoms with Gasteiger partial charge in [-0.1, -0.05) is 50.2 Å². The number of nitrogens with zero attached hydrogens (tertiary/aromatic N) is 2. The molecular formula is C20H23N3O. The lowest BCUT2D eigenvalue weighted by molar-refractivity contribution is 0.125. The quantitative estimate of drug-likeness (QED) is 0.757. The Bertz CT molecular complexity index is 832. The van der Waals surface area contributed by atoms with Gasteiger partial charge in [-0.15, -0.1) is 0 Å². The number of para-hydroxylation sites is 2. The molecule has 124 valence electrons. The van der Waals surface area contributed by atoms with Gasteiger partial charge in [-0.2, -0.15) is 0 Å². The van der Waals surface area contributed by atoms with Crippen molar-refractivity contribution >= 4 is 11.0 Å². The lowest BCUT2D eigenvalue weighted by Gasteiger charge is -2.23. The molecule has 0 aliphatic rings. The highest BCUT2D eigenvalue weighted by molar-refractivity contribution is 5.77. The molecule has 1 aromatic heterocycles. The maximum atomic E-state index is 10.4. The Labute approximate surface area is 142 Å². The number of nitrogens with two attached hydrogens (primary N) is 1. The molecule has 0 spiro atoms. The second-order valence-corrected chi connectivity index (χ2v) is 6.49. The summed E-state index contributed by atoms with van der Waals surface area (Å²) in [4.78, 5) is 9.21. The Kier molecular flexibility index (Phi) is 4.88. The molecule has 4 nitrogen and oxygen atoms in total. The highest BCUT2D eigenvalue weighted by atomic mass is 16.3. The molecule has 0 aliphatic heterocycles. The van der Waals surface area contributed by atoms with Crippen LogP contribution in [0.15, 0.2) is 54.7 Å². The molecular weight excluding hydrogens is 298 g/mol. The van der Waals surface area contributed by atoms with Gasteiger partial charge < -0.3 is 10.8 Å². The van der Waals surface area contributed by atoms with E-state index in [1.54, 1.807) is 6.20 Å². The normalized spacial score (nSPS) is 14.0. The van der Waals surface area contributed by atoms with Crippen molar-refractivity contribution < 1.29 is 5.11 Å². The fraction of sp³-hybridized carbons (Fsp3) is 0.300. The van der Waals surface area contributed by atoms with Crippen molar-refractivity contribution in [3.05, 3.63) is 60.3 Å². The highest BCUT2D eigenvalue weighted by Gasteiger charge is 2.20. The van der Waals surface area contributed by atoms with Gasteiger partial charge in [-0.25, -0.2) is 4.98 Å². The van der Waals surface area contributed by atoms with Gasteiger partial charge in [-0.05, 0) is 23.6 Å². The van der Waals surface area contributed by atoms with Crippen LogP contribution in [-0.2, 0) is 6.42 Å². The minimum absolute atomic E-state index is 0.229. The molecule has 1 heterocycles. The Morgan fingerprint density at radius 2 is 1.67 bits per heavy atom. The van der Waals surface area contributed by atoms with Crippen LogP contribution in [-0.4, -0.2) is 27.2 Å². The molecule has 3 rings (SSSR count). The van der Waals surface area contributed by atoms with Gasteiger partial charge in [0, 0.05) is 18.0 Å². The summed E-state index contributed by atoms with van der Waals surface area (Å²) in [5, 5.41) is 10.4. The predicted molar refractivity (Wildman–Crippen MR) is 97.5 cm³/mol. The molecule has 4 heteroatoms. The molecule has 0 saturated heterocycles. The number of fused-ring (bicyclic) bond motifs is 1. The summed E-state index contributed by atoms with van der Waals surface area (Å²) in [6, 6.07) is 15.5. The van der Waals surface area contributed by atoms with Crippen molar-refractivity contribution in [1.82, 2.24) is 9.97 Å². The SMILES string of the molecule is CC(C)C(N)C(O)Cc1ccccc1-c1cnc2ccccc2n1. The molecule has 0 bridgehead atoms. The van der Waals surface area contributed by atoms with Crippen molar-refractivity contribution in [2.75, 3.05) is 0 Å². The highest BCUT2D eigenvalue weighted by Crippen LogP contribution is 2.25. The zero-order chi connectivity index (χ0) is 17.1. The molecule has 2 atom stereocenters. The van der Waals surface area contributed by atoms with Crippen molar-refractivity contribution in [1.29, 1.82) is 0 Å². The van der Waals surface area contributed by atoms with Crippen LogP contribution >= 0.6 is 0 Å². The number of aliphatic hydroxyl groups excluding tert-OH is 1. The summed E-state index contributed by atoms with van der Waals surface area (Å²) in [5.74, 6) is 0.229. The second kappa shape index (κ2) is 7.07. The summed E-state index contributed by atoms with van der Waals surface area (Å²) in [5.41, 5.74) is 10.7. The summed E-state index contributed by atoms with van der Waals surface area (Å²) in [7, 11) is 0. The van der Waals surface area contributed by atoms with Crippen LogP contribution in [0.5, 0.6) is 0 Å². The number of aliphatic hydroxyl groups is 1. The van der Waals surface area contributed by atoms with E-state index in [-0.39, 0.29) is 12.0 Å². The Balaban J connectivity index is 1.96. The van der Waals surface area contributed by atoms with Gasteiger partial charge in [0.1, 0.15) is 0 Å². The third-order valence-corrected chi connectivity index (χ3v) is 4.39. The Morgan fingerprint density at radius 3 is 2.42 bits per heavy atom. The first-order chi connectivity index (χ1) is 11.6. The fourth-order valence-corrected chi connectivity index (χ4v) is 2.84. The number of aromatic nitrogens is 2. The van der Waals surface area contributed by atoms with E-state index in [0.29, 0.717) is 6.42 Å². The largest absolute Gasteiger partial charge is 0.391 e. The Hall–Kier alpha value is -2.30. The molecule has 0 radical (unpaired) electrons. The fourth-order valence-electron chi connectivity index (χ4n) is 2.84. The van der Waals surface area contributed by atoms with Crippen LogP contribution in [0.3, 0.4) is 0 Å². The zero-order valence-electron chi connectivity index (χ0n) is 14.1. The molecule has 3 aromatic rings. The van der Waals surface area contributed by atoms with Crippen molar-refractivity contribution in [3.63, 3.8) is 0 Å². The third kappa shape index (κ3) is 3.45. The van der Waals surface area contributed by atoms with Gasteiger partial charge >= 0.3 is 0 Å². The van der Waals surface area contributed by atoms with Crippen molar-refractivity contribution in [2.24, 2.45) is 11.7 Å². The third-order valence-electron chi connectivity index (χ3n) is 4.39. The summed E-state index contributed by atoms with van der Waals surface area (Å²) >= 11 is 0. The number of hydrogen-bond donors (Lipinski definition) is 2. The minimum Gasteiger partial charge on any atom is -0.391 e. The molecule has 2 aromatic carbocycles. The van der Waals surface area contributed by atoms with E-state index in [0.717, 1.165) is 27.9 Å². The van der Waals surface area contributed by atoms with Crippen LogP contribution in [0.25, 0.3) is 22.3 Å². The van der Waals surface area contributed by atoms with Gasteiger partial charge in [0.05, 0.1) is 29.0 Å². The van der Waals surface area contributed by atoms with Crippen LogP contribution in [0.4, 0.5) is 0 Å². The van der Waals surface area contributed by atoms with E-state index in [4.69, 9.17) is 10.7 Å². The average molecular weight is 321 g/mol. The number of benzene rings is 2. The van der Waals surface area contributed by atoms with Gasteiger partial charge in [-0.3, -0.25) is 4.98 Å². The van der Waals surface area contributed by atoms with Crippen molar-refractivity contribution in [3.8, 4) is 11.3 Å². The molecule has 0 saturated carbocycles. The maximum absolute atomic E-state index is 10.4. The summed E-state index contributed by atoms with van der Waals surface area (Å²) < 4.78 is 0. The first-order valence-electron chi connectivity index (χ1n) is 8.30. The topological polar surface area (TPSA) is 72.0 Å². The standard InChI is InChI=1S/C20H23N3O/c1-13(2)20(21)19(24)11-14-7-3-4-8-15(14)18-12-22-16-9-5-6-10-17(16)23-18/h3-10,12-13,19-20,24H,11,21H2,1-2H3. The van der Waals surface area contributed by atoms with Crippen molar-refractivity contribution in [2.45, 2.75) is 32.4 Å².